The fourth-order valence-corrected chi connectivity index (χ4v) is 1.40. The predicted molar refractivity (Wildman–Crippen MR) is 44.0 cm³/mol. The van der Waals surface area contributed by atoms with Crippen molar-refractivity contribution < 1.29 is 4.57 Å². The van der Waals surface area contributed by atoms with E-state index in [1.165, 1.54) is 3.83 Å². The number of nitrogens with zero attached hydrogens (tertiary/aromatic N) is 2. The minimum absolute atomic E-state index is 1.05. The van der Waals surface area contributed by atoms with Crippen molar-refractivity contribution in [3.05, 3.63) is 16.2 Å². The average molecular weight is 237 g/mol. The van der Waals surface area contributed by atoms with Crippen LogP contribution in [0.4, 0.5) is 0 Å². The van der Waals surface area contributed by atoms with E-state index in [0.717, 1.165) is 6.54 Å². The van der Waals surface area contributed by atoms with Crippen LogP contribution in [-0.2, 0) is 13.6 Å². The van der Waals surface area contributed by atoms with E-state index >= 15 is 0 Å². The Labute approximate surface area is 68.6 Å². The summed E-state index contributed by atoms with van der Waals surface area (Å²) in [5.74, 6) is 0. The lowest BCUT2D eigenvalue weighted by Crippen LogP contribution is -2.34. The molecule has 50 valence electrons. The highest BCUT2D eigenvalue weighted by Gasteiger charge is 2.06. The zero-order valence-corrected chi connectivity index (χ0v) is 7.79. The van der Waals surface area contributed by atoms with Crippen molar-refractivity contribution in [2.75, 3.05) is 0 Å². The summed E-state index contributed by atoms with van der Waals surface area (Å²) >= 11 is 2.33. The van der Waals surface area contributed by atoms with Crippen LogP contribution in [0, 0.1) is 3.83 Å². The van der Waals surface area contributed by atoms with Crippen LogP contribution in [0.3, 0.4) is 0 Å². The summed E-state index contributed by atoms with van der Waals surface area (Å²) in [6.07, 6.45) is 4.15. The summed E-state index contributed by atoms with van der Waals surface area (Å²) in [6.45, 7) is 3.20. The van der Waals surface area contributed by atoms with Gasteiger partial charge in [0.15, 0.2) is 0 Å². The van der Waals surface area contributed by atoms with E-state index < -0.39 is 0 Å². The molecule has 0 bridgehead atoms. The fourth-order valence-electron chi connectivity index (χ4n) is 0.742. The summed E-state index contributed by atoms with van der Waals surface area (Å²) in [5.41, 5.74) is 0. The van der Waals surface area contributed by atoms with Crippen LogP contribution in [0.2, 0.25) is 0 Å². The van der Waals surface area contributed by atoms with Gasteiger partial charge in [-0.15, -0.1) is 0 Å². The van der Waals surface area contributed by atoms with Gasteiger partial charge in [-0.05, 0) is 6.92 Å². The summed E-state index contributed by atoms with van der Waals surface area (Å²) < 4.78 is 5.57. The maximum atomic E-state index is 2.33. The van der Waals surface area contributed by atoms with E-state index in [4.69, 9.17) is 0 Å². The standard InChI is InChI=1S/C6H10IN2/c1-3-9-5-4-8(2)6(9)7/h4-5H,3H2,1-2H3/q+1. The molecule has 1 aromatic rings. The van der Waals surface area contributed by atoms with E-state index in [2.05, 4.69) is 51.0 Å². The van der Waals surface area contributed by atoms with Crippen molar-refractivity contribution >= 4 is 22.6 Å². The lowest BCUT2D eigenvalue weighted by molar-refractivity contribution is -0.705. The van der Waals surface area contributed by atoms with Crippen molar-refractivity contribution in [2.24, 2.45) is 7.05 Å². The van der Waals surface area contributed by atoms with Gasteiger partial charge in [0.1, 0.15) is 12.4 Å². The zero-order chi connectivity index (χ0) is 6.85. The predicted octanol–water partition coefficient (Wildman–Crippen LogP) is 0.937. The third-order valence-corrected chi connectivity index (χ3v) is 2.72. The monoisotopic (exact) mass is 237 g/mol. The van der Waals surface area contributed by atoms with Gasteiger partial charge < -0.3 is 0 Å². The molecule has 1 aromatic heterocycles. The Hall–Kier alpha value is -0.0600. The number of halogens is 1. The van der Waals surface area contributed by atoms with Gasteiger partial charge in [-0.25, -0.2) is 9.13 Å². The second-order valence-corrected chi connectivity index (χ2v) is 2.93. The first-order chi connectivity index (χ1) is 4.25. The minimum Gasteiger partial charge on any atom is -0.228 e. The minimum atomic E-state index is 1.05. The van der Waals surface area contributed by atoms with Crippen molar-refractivity contribution in [1.82, 2.24) is 4.57 Å². The van der Waals surface area contributed by atoms with Gasteiger partial charge in [0, 0.05) is 0 Å². The van der Waals surface area contributed by atoms with Crippen LogP contribution in [-0.4, -0.2) is 4.57 Å². The fraction of sp³-hybridized carbons (Fsp3) is 0.500. The van der Waals surface area contributed by atoms with Crippen LogP contribution < -0.4 is 4.57 Å². The Balaban J connectivity index is 3.04. The molecule has 0 unspecified atom stereocenters. The van der Waals surface area contributed by atoms with Crippen LogP contribution >= 0.6 is 22.6 Å². The number of hydrogen-bond acceptors (Lipinski definition) is 0. The Morgan fingerprint density at radius 2 is 2.44 bits per heavy atom. The molecule has 1 heterocycles. The van der Waals surface area contributed by atoms with Gasteiger partial charge in [0.2, 0.25) is 0 Å². The Bertz CT molecular complexity index is 205. The molecule has 0 amide bonds. The molecule has 0 aromatic carbocycles. The summed E-state index contributed by atoms with van der Waals surface area (Å²) in [5, 5.41) is 0. The summed E-state index contributed by atoms with van der Waals surface area (Å²) in [7, 11) is 2.05. The quantitative estimate of drug-likeness (QED) is 0.507. The van der Waals surface area contributed by atoms with E-state index in [-0.39, 0.29) is 0 Å². The third-order valence-electron chi connectivity index (χ3n) is 1.34. The molecule has 0 aliphatic rings. The van der Waals surface area contributed by atoms with E-state index in [1.807, 2.05) is 7.05 Å². The number of aromatic nitrogens is 2. The van der Waals surface area contributed by atoms with Crippen molar-refractivity contribution in [3.63, 3.8) is 0 Å². The smallest absolute Gasteiger partial charge is 0.228 e. The van der Waals surface area contributed by atoms with Gasteiger partial charge in [-0.3, -0.25) is 0 Å². The van der Waals surface area contributed by atoms with E-state index in [0.29, 0.717) is 0 Å². The van der Waals surface area contributed by atoms with Crippen molar-refractivity contribution in [1.29, 1.82) is 0 Å². The van der Waals surface area contributed by atoms with Gasteiger partial charge >= 0.3 is 3.83 Å². The highest BCUT2D eigenvalue weighted by atomic mass is 127. The molecule has 0 N–H and O–H groups in total. The lowest BCUT2D eigenvalue weighted by atomic mass is 10.7. The SMILES string of the molecule is CC[n+]1ccn(C)c1I. The molecule has 0 saturated carbocycles. The topological polar surface area (TPSA) is 8.81 Å². The molecule has 1 rings (SSSR count). The normalized spacial score (nSPS) is 10.1. The molecule has 0 saturated heterocycles. The first-order valence-electron chi connectivity index (χ1n) is 2.96. The Kier molecular flexibility index (Phi) is 2.10. The van der Waals surface area contributed by atoms with Crippen LogP contribution in [0.5, 0.6) is 0 Å². The summed E-state index contributed by atoms with van der Waals surface area (Å²) in [6, 6.07) is 0. The zero-order valence-electron chi connectivity index (χ0n) is 5.63. The maximum absolute atomic E-state index is 2.33. The van der Waals surface area contributed by atoms with E-state index in [1.54, 1.807) is 0 Å². The molecule has 0 fully saturated rings. The molecule has 0 spiro atoms. The molecular formula is C6H10IN2+. The average Bonchev–Trinajstić information content (AvgIpc) is 2.15. The molecular weight excluding hydrogens is 227 g/mol. The largest absolute Gasteiger partial charge is 0.317 e. The second kappa shape index (κ2) is 2.68. The van der Waals surface area contributed by atoms with Crippen LogP contribution in [0.1, 0.15) is 6.92 Å². The van der Waals surface area contributed by atoms with Crippen LogP contribution in [0.25, 0.3) is 0 Å². The van der Waals surface area contributed by atoms with Crippen molar-refractivity contribution in [2.45, 2.75) is 13.5 Å². The number of rotatable bonds is 1. The van der Waals surface area contributed by atoms with Crippen LogP contribution in [0.15, 0.2) is 12.4 Å². The number of imidazole rings is 1. The lowest BCUT2D eigenvalue weighted by Gasteiger charge is -1.88. The first kappa shape index (κ1) is 7.05. The molecule has 0 aliphatic carbocycles. The molecule has 9 heavy (non-hydrogen) atoms. The molecule has 0 aliphatic heterocycles. The first-order valence-corrected chi connectivity index (χ1v) is 4.04. The molecule has 2 nitrogen and oxygen atoms in total. The number of hydrogen-bond donors (Lipinski definition) is 0. The third kappa shape index (κ3) is 1.26. The Morgan fingerprint density at radius 1 is 1.78 bits per heavy atom. The van der Waals surface area contributed by atoms with Gasteiger partial charge in [0.05, 0.1) is 36.2 Å². The summed E-state index contributed by atoms with van der Waals surface area (Å²) in [4.78, 5) is 0. The maximum Gasteiger partial charge on any atom is 0.317 e. The molecule has 0 atom stereocenters. The van der Waals surface area contributed by atoms with Gasteiger partial charge in [0.25, 0.3) is 0 Å². The van der Waals surface area contributed by atoms with Gasteiger partial charge in [-0.2, -0.15) is 0 Å². The molecule has 3 heteroatoms. The Morgan fingerprint density at radius 3 is 2.67 bits per heavy atom. The highest BCUT2D eigenvalue weighted by Crippen LogP contribution is 1.95. The highest BCUT2D eigenvalue weighted by molar-refractivity contribution is 14.1. The number of aryl methyl sites for hydroxylation is 2. The molecule has 0 radical (unpaired) electrons. The van der Waals surface area contributed by atoms with E-state index in [9.17, 15) is 0 Å². The second-order valence-electron chi connectivity index (χ2n) is 1.96. The van der Waals surface area contributed by atoms with Gasteiger partial charge in [-0.1, -0.05) is 0 Å². The van der Waals surface area contributed by atoms with Crippen molar-refractivity contribution in [3.8, 4) is 0 Å².